The lowest BCUT2D eigenvalue weighted by atomic mass is 10.3. The molecule has 2 aromatic rings. The third-order valence-electron chi connectivity index (χ3n) is 4.21. The summed E-state index contributed by atoms with van der Waals surface area (Å²) in [5, 5.41) is 11.5. The molecule has 3 heterocycles. The van der Waals surface area contributed by atoms with Crippen LogP contribution in [-0.4, -0.2) is 63.8 Å². The van der Waals surface area contributed by atoms with Crippen molar-refractivity contribution in [1.29, 1.82) is 0 Å². The van der Waals surface area contributed by atoms with E-state index in [1.807, 2.05) is 29.9 Å². The van der Waals surface area contributed by atoms with Crippen molar-refractivity contribution in [3.63, 3.8) is 0 Å². The van der Waals surface area contributed by atoms with Crippen LogP contribution in [0, 0.1) is 0 Å². The molecule has 1 fully saturated rings. The predicted octanol–water partition coefficient (Wildman–Crippen LogP) is 1.21. The molecule has 0 spiro atoms. The summed E-state index contributed by atoms with van der Waals surface area (Å²) in [5.41, 5.74) is 0. The topological polar surface area (TPSA) is 74.5 Å². The molecular formula is C16H25IN8. The molecule has 9 heteroatoms. The molecule has 0 atom stereocenters. The molecule has 3 rings (SSSR count). The minimum absolute atomic E-state index is 0. The summed E-state index contributed by atoms with van der Waals surface area (Å²) in [4.78, 5) is 13.4. The van der Waals surface area contributed by atoms with Gasteiger partial charge in [0.05, 0.1) is 6.54 Å². The third-order valence-corrected chi connectivity index (χ3v) is 4.21. The zero-order valence-corrected chi connectivity index (χ0v) is 17.0. The van der Waals surface area contributed by atoms with E-state index < -0.39 is 0 Å². The first-order valence-electron chi connectivity index (χ1n) is 8.30. The lowest BCUT2D eigenvalue weighted by Crippen LogP contribution is -2.52. The van der Waals surface area contributed by atoms with Gasteiger partial charge in [-0.1, -0.05) is 6.07 Å². The number of aryl methyl sites for hydroxylation is 1. The van der Waals surface area contributed by atoms with Crippen molar-refractivity contribution in [2.45, 2.75) is 20.0 Å². The average molecular weight is 456 g/mol. The first-order chi connectivity index (χ1) is 11.8. The molecule has 0 aromatic carbocycles. The molecular weight excluding hydrogens is 431 g/mol. The number of piperazine rings is 1. The van der Waals surface area contributed by atoms with Crippen molar-refractivity contribution in [3.05, 3.63) is 36.5 Å². The van der Waals surface area contributed by atoms with Crippen LogP contribution in [0.15, 0.2) is 35.7 Å². The summed E-state index contributed by atoms with van der Waals surface area (Å²) >= 11 is 0. The second-order valence-electron chi connectivity index (χ2n) is 5.60. The van der Waals surface area contributed by atoms with Crippen LogP contribution in [0.1, 0.15) is 12.7 Å². The second-order valence-corrected chi connectivity index (χ2v) is 5.60. The molecule has 0 unspecified atom stereocenters. The van der Waals surface area contributed by atoms with Gasteiger partial charge < -0.3 is 19.7 Å². The molecule has 1 saturated heterocycles. The number of pyridine rings is 1. The first kappa shape index (κ1) is 19.4. The van der Waals surface area contributed by atoms with E-state index in [0.29, 0.717) is 6.54 Å². The van der Waals surface area contributed by atoms with Gasteiger partial charge in [0, 0.05) is 46.0 Å². The van der Waals surface area contributed by atoms with Gasteiger partial charge >= 0.3 is 0 Å². The minimum atomic E-state index is 0. The summed E-state index contributed by atoms with van der Waals surface area (Å²) < 4.78 is 2.03. The average Bonchev–Trinajstić information content (AvgIpc) is 3.11. The molecule has 1 aliphatic rings. The maximum Gasteiger partial charge on any atom is 0.194 e. The van der Waals surface area contributed by atoms with Gasteiger partial charge in [0.2, 0.25) is 0 Å². The molecule has 0 saturated carbocycles. The Hall–Kier alpha value is -1.91. The van der Waals surface area contributed by atoms with Gasteiger partial charge in [-0.2, -0.15) is 0 Å². The van der Waals surface area contributed by atoms with Crippen LogP contribution in [-0.2, 0) is 13.1 Å². The van der Waals surface area contributed by atoms with Crippen molar-refractivity contribution in [1.82, 2.24) is 30.0 Å². The summed E-state index contributed by atoms with van der Waals surface area (Å²) in [6.07, 6.45) is 3.59. The number of guanidine groups is 1. The Morgan fingerprint density at radius 3 is 2.68 bits per heavy atom. The summed E-state index contributed by atoms with van der Waals surface area (Å²) in [5.74, 6) is 2.86. The molecule has 1 aliphatic heterocycles. The van der Waals surface area contributed by atoms with Gasteiger partial charge in [0.25, 0.3) is 0 Å². The zero-order valence-electron chi connectivity index (χ0n) is 14.7. The van der Waals surface area contributed by atoms with Crippen LogP contribution in [0.25, 0.3) is 0 Å². The van der Waals surface area contributed by atoms with Crippen LogP contribution < -0.4 is 10.2 Å². The van der Waals surface area contributed by atoms with Crippen LogP contribution in [0.5, 0.6) is 0 Å². The van der Waals surface area contributed by atoms with Crippen LogP contribution in [0.4, 0.5) is 5.82 Å². The lowest BCUT2D eigenvalue weighted by molar-refractivity contribution is 0.370. The summed E-state index contributed by atoms with van der Waals surface area (Å²) in [6.45, 7) is 7.27. The molecule has 0 radical (unpaired) electrons. The molecule has 0 amide bonds. The number of hydrogen-bond acceptors (Lipinski definition) is 5. The molecule has 8 nitrogen and oxygen atoms in total. The van der Waals surface area contributed by atoms with Gasteiger partial charge in [-0.05, 0) is 19.1 Å². The van der Waals surface area contributed by atoms with Crippen molar-refractivity contribution in [3.8, 4) is 0 Å². The second kappa shape index (κ2) is 9.54. The van der Waals surface area contributed by atoms with Crippen molar-refractivity contribution >= 4 is 35.8 Å². The number of anilines is 1. The van der Waals surface area contributed by atoms with Crippen LogP contribution in [0.2, 0.25) is 0 Å². The zero-order chi connectivity index (χ0) is 16.8. The lowest BCUT2D eigenvalue weighted by Gasteiger charge is -2.37. The summed E-state index contributed by atoms with van der Waals surface area (Å²) in [7, 11) is 1.82. The van der Waals surface area contributed by atoms with E-state index in [-0.39, 0.29) is 24.0 Å². The largest absolute Gasteiger partial charge is 0.353 e. The monoisotopic (exact) mass is 456 g/mol. The minimum Gasteiger partial charge on any atom is -0.353 e. The smallest absolute Gasteiger partial charge is 0.194 e. The molecule has 0 aliphatic carbocycles. The highest BCUT2D eigenvalue weighted by atomic mass is 127. The molecule has 136 valence electrons. The van der Waals surface area contributed by atoms with Gasteiger partial charge in [-0.15, -0.1) is 34.2 Å². The maximum absolute atomic E-state index is 4.43. The number of aromatic nitrogens is 4. The van der Waals surface area contributed by atoms with E-state index in [9.17, 15) is 0 Å². The fraction of sp³-hybridized carbons (Fsp3) is 0.500. The Kier molecular flexibility index (Phi) is 7.41. The SMILES string of the molecule is CCn1cnnc1CNC(=NC)N1CCN(c2ccccn2)CC1.I. The normalized spacial score (nSPS) is 15.0. The van der Waals surface area contributed by atoms with E-state index in [2.05, 4.69) is 48.3 Å². The van der Waals surface area contributed by atoms with E-state index in [4.69, 9.17) is 0 Å². The fourth-order valence-corrected chi connectivity index (χ4v) is 2.86. The van der Waals surface area contributed by atoms with Crippen molar-refractivity contribution in [2.24, 2.45) is 4.99 Å². The Bertz CT molecular complexity index is 664. The number of aliphatic imine (C=N–C) groups is 1. The molecule has 0 bridgehead atoms. The predicted molar refractivity (Wildman–Crippen MR) is 109 cm³/mol. The number of halogens is 1. The van der Waals surface area contributed by atoms with E-state index in [1.165, 1.54) is 0 Å². The van der Waals surface area contributed by atoms with E-state index >= 15 is 0 Å². The Morgan fingerprint density at radius 1 is 1.24 bits per heavy atom. The maximum atomic E-state index is 4.43. The number of hydrogen-bond donors (Lipinski definition) is 1. The Balaban J connectivity index is 0.00000225. The van der Waals surface area contributed by atoms with Gasteiger partial charge in [-0.25, -0.2) is 4.98 Å². The number of nitrogens with one attached hydrogen (secondary N) is 1. The number of nitrogens with zero attached hydrogens (tertiary/aromatic N) is 7. The molecule has 2 aromatic heterocycles. The fourth-order valence-electron chi connectivity index (χ4n) is 2.86. The third kappa shape index (κ3) is 4.80. The molecule has 1 N–H and O–H groups in total. The van der Waals surface area contributed by atoms with Crippen LogP contribution >= 0.6 is 24.0 Å². The highest BCUT2D eigenvalue weighted by Crippen LogP contribution is 2.12. The standard InChI is InChI=1S/C16H24N8.HI/c1-3-22-13-20-21-15(22)12-19-16(17-2)24-10-8-23(9-11-24)14-6-4-5-7-18-14;/h4-7,13H,3,8-12H2,1-2H3,(H,17,19);1H. The Labute approximate surface area is 165 Å². The highest BCUT2D eigenvalue weighted by molar-refractivity contribution is 14.0. The van der Waals surface area contributed by atoms with Gasteiger partial charge in [-0.3, -0.25) is 4.99 Å². The highest BCUT2D eigenvalue weighted by Gasteiger charge is 2.20. The van der Waals surface area contributed by atoms with Crippen molar-refractivity contribution in [2.75, 3.05) is 38.1 Å². The van der Waals surface area contributed by atoms with Crippen LogP contribution in [0.3, 0.4) is 0 Å². The first-order valence-corrected chi connectivity index (χ1v) is 8.30. The molecule has 25 heavy (non-hydrogen) atoms. The van der Waals surface area contributed by atoms with Gasteiger partial charge in [0.1, 0.15) is 12.1 Å². The summed E-state index contributed by atoms with van der Waals surface area (Å²) in [6, 6.07) is 6.03. The van der Waals surface area contributed by atoms with Gasteiger partial charge in [0.15, 0.2) is 11.8 Å². The number of rotatable bonds is 4. The van der Waals surface area contributed by atoms with Crippen molar-refractivity contribution < 1.29 is 0 Å². The van der Waals surface area contributed by atoms with E-state index in [0.717, 1.165) is 50.3 Å². The quantitative estimate of drug-likeness (QED) is 0.424. The Morgan fingerprint density at radius 2 is 2.04 bits per heavy atom. The van der Waals surface area contributed by atoms with E-state index in [1.54, 1.807) is 6.33 Å².